The number of aryl methyl sites for hydroxylation is 1. The third-order valence-corrected chi connectivity index (χ3v) is 5.91. The molecule has 0 aliphatic carbocycles. The minimum Gasteiger partial charge on any atom is -0.359 e. The van der Waals surface area contributed by atoms with E-state index in [-0.39, 0.29) is 5.91 Å². The van der Waals surface area contributed by atoms with Crippen LogP contribution in [0, 0.1) is 0 Å². The molecule has 0 bridgehead atoms. The lowest BCUT2D eigenvalue weighted by atomic mass is 9.98. The molecule has 1 N–H and O–H groups in total. The average Bonchev–Trinajstić information content (AvgIpc) is 3.15. The van der Waals surface area contributed by atoms with Gasteiger partial charge in [-0.25, -0.2) is 0 Å². The van der Waals surface area contributed by atoms with E-state index in [9.17, 15) is 4.79 Å². The molecule has 2 aromatic carbocycles. The maximum Gasteiger partial charge on any atom is 0.222 e. The van der Waals surface area contributed by atoms with E-state index < -0.39 is 0 Å². The zero-order chi connectivity index (χ0) is 19.5. The summed E-state index contributed by atoms with van der Waals surface area (Å²) in [4.78, 5) is 17.8. The number of carbonyl (C=O) groups excluding carboxylic acids is 1. The van der Waals surface area contributed by atoms with Gasteiger partial charge < -0.3 is 9.88 Å². The van der Waals surface area contributed by atoms with Gasteiger partial charge in [-0.15, -0.1) is 0 Å². The number of aromatic amines is 1. The summed E-state index contributed by atoms with van der Waals surface area (Å²) in [5.74, 6) is 0.228. The minimum atomic E-state index is 0.228. The molecule has 28 heavy (non-hydrogen) atoms. The monoisotopic (exact) mass is 412 g/mol. The van der Waals surface area contributed by atoms with E-state index in [2.05, 4.69) is 17.1 Å². The maximum absolute atomic E-state index is 12.5. The average molecular weight is 413 g/mol. The molecule has 3 aromatic rings. The molecule has 2 heterocycles. The van der Waals surface area contributed by atoms with Gasteiger partial charge in [-0.2, -0.15) is 0 Å². The summed E-state index contributed by atoms with van der Waals surface area (Å²) in [5.41, 5.74) is 4.66. The van der Waals surface area contributed by atoms with E-state index in [1.807, 2.05) is 47.5 Å². The summed E-state index contributed by atoms with van der Waals surface area (Å²) in [6, 6.07) is 13.8. The van der Waals surface area contributed by atoms with Gasteiger partial charge >= 0.3 is 0 Å². The number of amides is 1. The van der Waals surface area contributed by atoms with E-state index in [4.69, 9.17) is 23.2 Å². The molecule has 0 radical (unpaired) electrons. The lowest BCUT2D eigenvalue weighted by molar-refractivity contribution is -0.130. The van der Waals surface area contributed by atoms with Gasteiger partial charge in [0.15, 0.2) is 0 Å². The molecule has 0 spiro atoms. The van der Waals surface area contributed by atoms with Gasteiger partial charge in [0.25, 0.3) is 0 Å². The van der Waals surface area contributed by atoms with E-state index in [1.165, 1.54) is 16.7 Å². The van der Waals surface area contributed by atoms with Crippen molar-refractivity contribution in [2.45, 2.75) is 25.7 Å². The first kappa shape index (κ1) is 19.1. The Morgan fingerprint density at radius 1 is 1.11 bits per heavy atom. The van der Waals surface area contributed by atoms with Crippen LogP contribution < -0.4 is 0 Å². The van der Waals surface area contributed by atoms with Crippen LogP contribution in [0.5, 0.6) is 0 Å². The molecule has 1 aliphatic rings. The SMILES string of the molecule is O=C(CCCc1ccc(Cl)cc1)N1CC=C(c2c[nH]c3c(Cl)cccc23)CC1. The highest BCUT2D eigenvalue weighted by Crippen LogP contribution is 2.32. The van der Waals surface area contributed by atoms with Gasteiger partial charge in [-0.3, -0.25) is 4.79 Å². The molecule has 3 nitrogen and oxygen atoms in total. The number of aromatic nitrogens is 1. The van der Waals surface area contributed by atoms with Gasteiger partial charge in [-0.05, 0) is 48.6 Å². The summed E-state index contributed by atoms with van der Waals surface area (Å²) in [6.07, 6.45) is 7.38. The summed E-state index contributed by atoms with van der Waals surface area (Å²) in [7, 11) is 0. The zero-order valence-corrected chi connectivity index (χ0v) is 17.1. The van der Waals surface area contributed by atoms with Crippen molar-refractivity contribution in [3.8, 4) is 0 Å². The largest absolute Gasteiger partial charge is 0.359 e. The molecule has 5 heteroatoms. The molecular weight excluding hydrogens is 391 g/mol. The van der Waals surface area contributed by atoms with Crippen LogP contribution in [-0.2, 0) is 11.2 Å². The first-order valence-electron chi connectivity index (χ1n) is 9.59. The predicted molar refractivity (Wildman–Crippen MR) is 117 cm³/mol. The second kappa shape index (κ2) is 8.42. The summed E-state index contributed by atoms with van der Waals surface area (Å²) in [6.45, 7) is 1.43. The molecule has 0 saturated heterocycles. The Labute approximate surface area is 174 Å². The minimum absolute atomic E-state index is 0.228. The van der Waals surface area contributed by atoms with Crippen molar-refractivity contribution in [1.82, 2.24) is 9.88 Å². The number of carbonyl (C=O) groups is 1. The van der Waals surface area contributed by atoms with Crippen LogP contribution in [0.3, 0.4) is 0 Å². The number of nitrogens with zero attached hydrogens (tertiary/aromatic N) is 1. The topological polar surface area (TPSA) is 36.1 Å². The summed E-state index contributed by atoms with van der Waals surface area (Å²) >= 11 is 12.2. The molecule has 1 amide bonds. The van der Waals surface area contributed by atoms with E-state index >= 15 is 0 Å². The lowest BCUT2D eigenvalue weighted by Crippen LogP contribution is -2.34. The fourth-order valence-electron chi connectivity index (χ4n) is 3.78. The first-order chi connectivity index (χ1) is 13.6. The Kier molecular flexibility index (Phi) is 5.74. The van der Waals surface area contributed by atoms with E-state index in [1.54, 1.807) is 0 Å². The number of benzene rings is 2. The number of fused-ring (bicyclic) bond motifs is 1. The number of hydrogen-bond donors (Lipinski definition) is 1. The van der Waals surface area contributed by atoms with Crippen LogP contribution in [0.1, 0.15) is 30.4 Å². The Morgan fingerprint density at radius 3 is 2.68 bits per heavy atom. The number of para-hydroxylation sites is 1. The fraction of sp³-hybridized carbons (Fsp3) is 0.261. The predicted octanol–water partition coefficient (Wildman–Crippen LogP) is 6.11. The summed E-state index contributed by atoms with van der Waals surface area (Å²) < 4.78 is 0. The highest BCUT2D eigenvalue weighted by atomic mass is 35.5. The molecule has 0 saturated carbocycles. The number of nitrogens with one attached hydrogen (secondary N) is 1. The second-order valence-corrected chi connectivity index (χ2v) is 8.01. The van der Waals surface area contributed by atoms with Crippen LogP contribution in [0.2, 0.25) is 10.0 Å². The van der Waals surface area contributed by atoms with Crippen LogP contribution >= 0.6 is 23.2 Å². The smallest absolute Gasteiger partial charge is 0.222 e. The molecule has 4 rings (SSSR count). The Bertz CT molecular complexity index is 1020. The van der Waals surface area contributed by atoms with Crippen molar-refractivity contribution < 1.29 is 4.79 Å². The van der Waals surface area contributed by atoms with Crippen molar-refractivity contribution in [2.24, 2.45) is 0 Å². The first-order valence-corrected chi connectivity index (χ1v) is 10.3. The number of H-pyrrole nitrogens is 1. The Morgan fingerprint density at radius 2 is 1.93 bits per heavy atom. The van der Waals surface area contributed by atoms with Crippen LogP contribution in [0.25, 0.3) is 16.5 Å². The second-order valence-electron chi connectivity index (χ2n) is 7.16. The van der Waals surface area contributed by atoms with Gasteiger partial charge in [0.05, 0.1) is 10.5 Å². The zero-order valence-electron chi connectivity index (χ0n) is 15.6. The third kappa shape index (κ3) is 4.11. The van der Waals surface area contributed by atoms with Crippen molar-refractivity contribution in [3.63, 3.8) is 0 Å². The molecule has 1 aliphatic heterocycles. The molecular formula is C23H22Cl2N2O. The molecule has 0 fully saturated rings. The standard InChI is InChI=1S/C23H22Cl2N2O/c24-18-9-7-16(8-10-18)3-1-6-22(28)27-13-11-17(12-14-27)20-15-26-23-19(20)4-2-5-21(23)25/h2,4-5,7-11,15,26H,1,3,6,12-14H2. The lowest BCUT2D eigenvalue weighted by Gasteiger charge is -2.26. The number of hydrogen-bond acceptors (Lipinski definition) is 1. The molecule has 0 atom stereocenters. The molecule has 0 unspecified atom stereocenters. The van der Waals surface area contributed by atoms with Crippen LogP contribution in [0.4, 0.5) is 0 Å². The van der Waals surface area contributed by atoms with Crippen LogP contribution in [0.15, 0.2) is 54.7 Å². The van der Waals surface area contributed by atoms with Crippen molar-refractivity contribution in [3.05, 3.63) is 75.9 Å². The number of rotatable bonds is 5. The van der Waals surface area contributed by atoms with Gasteiger partial charge in [0, 0.05) is 41.7 Å². The van der Waals surface area contributed by atoms with E-state index in [0.29, 0.717) is 13.0 Å². The van der Waals surface area contributed by atoms with Gasteiger partial charge in [0.1, 0.15) is 0 Å². The van der Waals surface area contributed by atoms with Crippen LogP contribution in [-0.4, -0.2) is 28.9 Å². The maximum atomic E-state index is 12.5. The highest BCUT2D eigenvalue weighted by molar-refractivity contribution is 6.35. The highest BCUT2D eigenvalue weighted by Gasteiger charge is 2.19. The molecule has 144 valence electrons. The summed E-state index contributed by atoms with van der Waals surface area (Å²) in [5, 5.41) is 2.62. The van der Waals surface area contributed by atoms with Gasteiger partial charge in [-0.1, -0.05) is 53.5 Å². The molecule has 1 aromatic heterocycles. The quantitative estimate of drug-likeness (QED) is 0.538. The van der Waals surface area contributed by atoms with Crippen molar-refractivity contribution >= 4 is 45.6 Å². The normalized spacial score (nSPS) is 14.4. The number of halogens is 2. The van der Waals surface area contributed by atoms with E-state index in [0.717, 1.165) is 46.8 Å². The van der Waals surface area contributed by atoms with Crippen molar-refractivity contribution in [1.29, 1.82) is 0 Å². The van der Waals surface area contributed by atoms with Gasteiger partial charge in [0.2, 0.25) is 5.91 Å². The Hall–Kier alpha value is -2.23. The third-order valence-electron chi connectivity index (χ3n) is 5.34. The Balaban J connectivity index is 1.34. The fourth-order valence-corrected chi connectivity index (χ4v) is 4.13. The van der Waals surface area contributed by atoms with Crippen molar-refractivity contribution in [2.75, 3.05) is 13.1 Å².